The van der Waals surface area contributed by atoms with Crippen LogP contribution in [0, 0.1) is 10.1 Å². The fourth-order valence-electron chi connectivity index (χ4n) is 3.74. The third-order valence-electron chi connectivity index (χ3n) is 5.40. The molecule has 0 amide bonds. The van der Waals surface area contributed by atoms with Crippen molar-refractivity contribution < 1.29 is 33.5 Å². The standard InChI is InChI=1S/C25H22N2O9S/c1-3-35-22(28)11-21-26(12-17-9-19(27(31)32)10-18-13-34-14-36-23(17)18)24(29)20(37-21)8-15-4-6-16(7-5-15)25(30)33-2/h4-11H,3,12-14H2,1-2H3/b20-8-,21-11+. The van der Waals surface area contributed by atoms with Gasteiger partial charge in [0.1, 0.15) is 10.4 Å². The van der Waals surface area contributed by atoms with E-state index in [1.807, 2.05) is 0 Å². The van der Waals surface area contributed by atoms with Gasteiger partial charge in [-0.1, -0.05) is 12.1 Å². The zero-order chi connectivity index (χ0) is 26.5. The maximum atomic E-state index is 13.4. The van der Waals surface area contributed by atoms with Gasteiger partial charge in [-0.15, -0.1) is 11.3 Å². The first-order valence-electron chi connectivity index (χ1n) is 11.1. The van der Waals surface area contributed by atoms with Gasteiger partial charge in [0.05, 0.1) is 48.0 Å². The second-order valence-corrected chi connectivity index (χ2v) is 8.87. The molecule has 2 heterocycles. The van der Waals surface area contributed by atoms with E-state index in [-0.39, 0.29) is 32.2 Å². The summed E-state index contributed by atoms with van der Waals surface area (Å²) in [4.78, 5) is 48.3. The highest BCUT2D eigenvalue weighted by Crippen LogP contribution is 2.32. The number of rotatable bonds is 7. The highest BCUT2D eigenvalue weighted by Gasteiger charge is 2.22. The first kappa shape index (κ1) is 25.8. The highest BCUT2D eigenvalue weighted by molar-refractivity contribution is 7.07. The number of carbonyl (C=O) groups is 2. The van der Waals surface area contributed by atoms with Crippen molar-refractivity contribution >= 4 is 41.1 Å². The zero-order valence-electron chi connectivity index (χ0n) is 19.9. The minimum absolute atomic E-state index is 0.0290. The molecule has 0 aliphatic carbocycles. The molecule has 0 bridgehead atoms. The third-order valence-corrected chi connectivity index (χ3v) is 6.46. The summed E-state index contributed by atoms with van der Waals surface area (Å²) in [6.45, 7) is 1.84. The number of nitro benzene ring substituents is 1. The van der Waals surface area contributed by atoms with E-state index in [1.165, 1.54) is 29.9 Å². The van der Waals surface area contributed by atoms with Crippen molar-refractivity contribution in [3.8, 4) is 5.75 Å². The predicted molar refractivity (Wildman–Crippen MR) is 133 cm³/mol. The molecule has 0 saturated heterocycles. The lowest BCUT2D eigenvalue weighted by Crippen LogP contribution is -2.32. The zero-order valence-corrected chi connectivity index (χ0v) is 20.7. The van der Waals surface area contributed by atoms with Gasteiger partial charge in [0.25, 0.3) is 11.2 Å². The summed E-state index contributed by atoms with van der Waals surface area (Å²) in [5.74, 6) is -0.706. The molecule has 37 heavy (non-hydrogen) atoms. The largest absolute Gasteiger partial charge is 0.467 e. The van der Waals surface area contributed by atoms with E-state index in [2.05, 4.69) is 0 Å². The minimum atomic E-state index is -0.628. The van der Waals surface area contributed by atoms with Gasteiger partial charge in [-0.3, -0.25) is 19.5 Å². The van der Waals surface area contributed by atoms with Gasteiger partial charge < -0.3 is 18.9 Å². The first-order valence-corrected chi connectivity index (χ1v) is 11.9. The molecule has 0 atom stereocenters. The number of methoxy groups -OCH3 is 1. The lowest BCUT2D eigenvalue weighted by molar-refractivity contribution is -0.385. The fourth-order valence-corrected chi connectivity index (χ4v) is 4.77. The Morgan fingerprint density at radius 1 is 1.24 bits per heavy atom. The summed E-state index contributed by atoms with van der Waals surface area (Å²) >= 11 is 1.06. The number of thiazole rings is 1. The van der Waals surface area contributed by atoms with Crippen LogP contribution in [0.3, 0.4) is 0 Å². The van der Waals surface area contributed by atoms with Gasteiger partial charge in [0.2, 0.25) is 0 Å². The van der Waals surface area contributed by atoms with Crippen molar-refractivity contribution in [3.63, 3.8) is 0 Å². The molecule has 0 saturated carbocycles. The van der Waals surface area contributed by atoms with E-state index >= 15 is 0 Å². The van der Waals surface area contributed by atoms with Crippen molar-refractivity contribution in [1.82, 2.24) is 4.57 Å². The molecule has 0 unspecified atom stereocenters. The molecule has 2 aromatic carbocycles. The molecule has 12 heteroatoms. The van der Waals surface area contributed by atoms with E-state index in [0.717, 1.165) is 11.3 Å². The highest BCUT2D eigenvalue weighted by atomic mass is 32.1. The molecule has 4 rings (SSSR count). The third kappa shape index (κ3) is 5.76. The topological polar surface area (TPSA) is 136 Å². The number of esters is 2. The van der Waals surface area contributed by atoms with Crippen molar-refractivity contribution in [2.45, 2.75) is 20.1 Å². The summed E-state index contributed by atoms with van der Waals surface area (Å²) in [6.07, 6.45) is 2.83. The Hall–Kier alpha value is -4.29. The Balaban J connectivity index is 1.84. The van der Waals surface area contributed by atoms with Crippen molar-refractivity contribution in [2.24, 2.45) is 0 Å². The molecule has 1 aromatic heterocycles. The van der Waals surface area contributed by atoms with E-state index in [4.69, 9.17) is 18.9 Å². The first-order chi connectivity index (χ1) is 17.8. The number of ether oxygens (including phenoxy) is 4. The predicted octanol–water partition coefficient (Wildman–Crippen LogP) is 1.69. The number of benzene rings is 2. The van der Waals surface area contributed by atoms with Gasteiger partial charge in [0, 0.05) is 23.3 Å². The molecule has 0 N–H and O–H groups in total. The number of hydrogen-bond acceptors (Lipinski definition) is 10. The number of nitro groups is 1. The van der Waals surface area contributed by atoms with Crippen LogP contribution in [0.2, 0.25) is 0 Å². The Labute approximate surface area is 213 Å². The number of carbonyl (C=O) groups excluding carboxylic acids is 2. The molecule has 3 aromatic rings. The van der Waals surface area contributed by atoms with Crippen LogP contribution >= 0.6 is 11.3 Å². The average Bonchev–Trinajstić information content (AvgIpc) is 3.17. The van der Waals surface area contributed by atoms with Crippen LogP contribution in [-0.2, 0) is 32.2 Å². The van der Waals surface area contributed by atoms with Gasteiger partial charge in [0.15, 0.2) is 6.79 Å². The summed E-state index contributed by atoms with van der Waals surface area (Å²) in [7, 11) is 1.29. The normalized spacial score (nSPS) is 13.6. The molecule has 0 fully saturated rings. The van der Waals surface area contributed by atoms with Crippen LogP contribution in [0.1, 0.15) is 34.0 Å². The van der Waals surface area contributed by atoms with Crippen molar-refractivity contribution in [2.75, 3.05) is 20.5 Å². The second-order valence-electron chi connectivity index (χ2n) is 7.81. The number of non-ortho nitro benzene ring substituents is 1. The Morgan fingerprint density at radius 3 is 2.68 bits per heavy atom. The van der Waals surface area contributed by atoms with Gasteiger partial charge in [-0.25, -0.2) is 9.59 Å². The molecule has 1 aliphatic heterocycles. The number of nitrogens with zero attached hydrogens (tertiary/aromatic N) is 2. The average molecular weight is 527 g/mol. The van der Waals surface area contributed by atoms with Crippen LogP contribution < -0.4 is 19.5 Å². The van der Waals surface area contributed by atoms with Gasteiger partial charge in [-0.2, -0.15) is 0 Å². The molecule has 1 aliphatic rings. The summed E-state index contributed by atoms with van der Waals surface area (Å²) in [5.41, 5.74) is 1.32. The molecule has 192 valence electrons. The molecular formula is C25H22N2O9S. The number of hydrogen-bond donors (Lipinski definition) is 0. The maximum Gasteiger partial charge on any atom is 0.337 e. The van der Waals surface area contributed by atoms with Gasteiger partial charge >= 0.3 is 11.9 Å². The quantitative estimate of drug-likeness (QED) is 0.256. The maximum absolute atomic E-state index is 13.4. The Kier molecular flexibility index (Phi) is 7.80. The second kappa shape index (κ2) is 11.2. The Morgan fingerprint density at radius 2 is 2.00 bits per heavy atom. The summed E-state index contributed by atoms with van der Waals surface area (Å²) in [6, 6.07) is 9.19. The fraction of sp³-hybridized carbons (Fsp3) is 0.240. The minimum Gasteiger partial charge on any atom is -0.467 e. The van der Waals surface area contributed by atoms with E-state index < -0.39 is 22.4 Å². The van der Waals surface area contributed by atoms with E-state index in [0.29, 0.717) is 37.2 Å². The monoisotopic (exact) mass is 526 g/mol. The van der Waals surface area contributed by atoms with Crippen molar-refractivity contribution in [3.05, 3.63) is 88.3 Å². The number of aromatic nitrogens is 1. The summed E-state index contributed by atoms with van der Waals surface area (Å²) in [5, 5.41) is 11.5. The van der Waals surface area contributed by atoms with Crippen LogP contribution in [0.5, 0.6) is 5.75 Å². The number of fused-ring (bicyclic) bond motifs is 1. The molecule has 0 spiro atoms. The molecule has 11 nitrogen and oxygen atoms in total. The smallest absolute Gasteiger partial charge is 0.337 e. The Bertz CT molecular complexity index is 1540. The molecular weight excluding hydrogens is 504 g/mol. The van der Waals surface area contributed by atoms with Crippen molar-refractivity contribution in [1.29, 1.82) is 0 Å². The van der Waals surface area contributed by atoms with E-state index in [9.17, 15) is 24.5 Å². The lowest BCUT2D eigenvalue weighted by atomic mass is 10.1. The van der Waals surface area contributed by atoms with Crippen LogP contribution in [0.15, 0.2) is 41.2 Å². The van der Waals surface area contributed by atoms with Crippen LogP contribution in [0.4, 0.5) is 5.69 Å². The van der Waals surface area contributed by atoms with Gasteiger partial charge in [-0.05, 0) is 30.7 Å². The lowest BCUT2D eigenvalue weighted by Gasteiger charge is -2.20. The SMILES string of the molecule is CCOC(=O)/C=c1/s/c(=C\c2ccc(C(=O)OC)cc2)c(=O)n1Cc1cc([N+](=O)[O-])cc2c1OCOC2. The van der Waals surface area contributed by atoms with Crippen LogP contribution in [0.25, 0.3) is 12.2 Å². The van der Waals surface area contributed by atoms with Crippen LogP contribution in [-0.4, -0.2) is 41.9 Å². The summed E-state index contributed by atoms with van der Waals surface area (Å²) < 4.78 is 22.5. The molecule has 0 radical (unpaired) electrons. The van der Waals surface area contributed by atoms with E-state index in [1.54, 1.807) is 37.3 Å².